The third-order valence-electron chi connectivity index (χ3n) is 6.65. The summed E-state index contributed by atoms with van der Waals surface area (Å²) in [5.41, 5.74) is 0.927. The van der Waals surface area contributed by atoms with Crippen molar-refractivity contribution in [2.45, 2.75) is 38.1 Å². The van der Waals surface area contributed by atoms with Gasteiger partial charge in [-0.25, -0.2) is 4.68 Å². The summed E-state index contributed by atoms with van der Waals surface area (Å²) in [4.78, 5) is 23.3. The van der Waals surface area contributed by atoms with Crippen LogP contribution in [0.2, 0.25) is 0 Å². The predicted molar refractivity (Wildman–Crippen MR) is 98.5 cm³/mol. The van der Waals surface area contributed by atoms with Crippen LogP contribution in [0.15, 0.2) is 36.5 Å². The van der Waals surface area contributed by atoms with E-state index < -0.39 is 4.92 Å². The molecule has 0 saturated heterocycles. The number of non-ortho nitro benzene ring substituents is 1. The number of carbonyl (C=O) groups is 1. The lowest BCUT2D eigenvalue weighted by Gasteiger charge is -2.54. The summed E-state index contributed by atoms with van der Waals surface area (Å²) in [7, 11) is 0. The average Bonchev–Trinajstić information content (AvgIpc) is 3.14. The van der Waals surface area contributed by atoms with Crippen molar-refractivity contribution >= 4 is 11.6 Å². The highest BCUT2D eigenvalue weighted by atomic mass is 16.6. The summed E-state index contributed by atoms with van der Waals surface area (Å²) in [6.07, 6.45) is 8.06. The highest BCUT2D eigenvalue weighted by molar-refractivity contribution is 5.92. The topological polar surface area (TPSA) is 90.1 Å². The van der Waals surface area contributed by atoms with Crippen LogP contribution in [0.25, 0.3) is 5.69 Å². The molecule has 4 aliphatic carbocycles. The lowest BCUT2D eigenvalue weighted by Crippen LogP contribution is -2.55. The molecule has 1 heterocycles. The number of hydrogen-bond donors (Lipinski definition) is 1. The summed E-state index contributed by atoms with van der Waals surface area (Å²) < 4.78 is 1.51. The van der Waals surface area contributed by atoms with Gasteiger partial charge in [-0.3, -0.25) is 14.9 Å². The van der Waals surface area contributed by atoms with Crippen LogP contribution in [0, 0.1) is 33.8 Å². The van der Waals surface area contributed by atoms with Gasteiger partial charge in [-0.05, 0) is 67.9 Å². The van der Waals surface area contributed by atoms with Crippen LogP contribution < -0.4 is 5.32 Å². The Morgan fingerprint density at radius 3 is 2.48 bits per heavy atom. The summed E-state index contributed by atoms with van der Waals surface area (Å²) >= 11 is 0. The van der Waals surface area contributed by atoms with Gasteiger partial charge in [0, 0.05) is 24.4 Å². The number of benzene rings is 1. The fraction of sp³-hybridized carbons (Fsp3) is 0.500. The molecule has 0 radical (unpaired) electrons. The molecule has 140 valence electrons. The van der Waals surface area contributed by atoms with E-state index in [1.807, 2.05) is 0 Å². The Bertz CT molecular complexity index is 878. The maximum absolute atomic E-state index is 12.8. The van der Waals surface area contributed by atoms with E-state index in [1.165, 1.54) is 48.9 Å². The third kappa shape index (κ3) is 2.91. The van der Waals surface area contributed by atoms with Gasteiger partial charge >= 0.3 is 0 Å². The number of rotatable bonds is 4. The van der Waals surface area contributed by atoms with E-state index in [2.05, 4.69) is 10.4 Å². The molecule has 0 unspecified atom stereocenters. The first kappa shape index (κ1) is 16.5. The number of hydrogen-bond acceptors (Lipinski definition) is 4. The maximum atomic E-state index is 12.8. The first-order chi connectivity index (χ1) is 13.1. The number of amides is 1. The predicted octanol–water partition coefficient (Wildman–Crippen LogP) is 3.34. The lowest BCUT2D eigenvalue weighted by atomic mass is 9.54. The Morgan fingerprint density at radius 2 is 1.81 bits per heavy atom. The van der Waals surface area contributed by atoms with Crippen molar-refractivity contribution in [1.82, 2.24) is 15.1 Å². The zero-order chi connectivity index (χ0) is 18.5. The smallest absolute Gasteiger partial charge is 0.272 e. The maximum Gasteiger partial charge on any atom is 0.272 e. The number of nitrogens with zero attached hydrogens (tertiary/aromatic N) is 3. The fourth-order valence-electron chi connectivity index (χ4n) is 5.72. The fourth-order valence-corrected chi connectivity index (χ4v) is 5.72. The van der Waals surface area contributed by atoms with Gasteiger partial charge in [0.25, 0.3) is 11.6 Å². The average molecular weight is 366 g/mol. The normalized spacial score (nSPS) is 31.0. The second-order valence-electron chi connectivity index (χ2n) is 8.35. The van der Waals surface area contributed by atoms with Gasteiger partial charge < -0.3 is 5.32 Å². The van der Waals surface area contributed by atoms with Crippen molar-refractivity contribution < 1.29 is 9.72 Å². The van der Waals surface area contributed by atoms with E-state index in [-0.39, 0.29) is 17.6 Å². The molecule has 27 heavy (non-hydrogen) atoms. The molecule has 6 rings (SSSR count). The third-order valence-corrected chi connectivity index (χ3v) is 6.65. The number of aromatic nitrogens is 2. The molecule has 2 aromatic rings. The lowest BCUT2D eigenvalue weighted by molar-refractivity contribution is -0.384. The molecule has 4 saturated carbocycles. The van der Waals surface area contributed by atoms with Crippen LogP contribution in [-0.4, -0.2) is 26.7 Å². The van der Waals surface area contributed by atoms with E-state index in [9.17, 15) is 14.9 Å². The van der Waals surface area contributed by atoms with Gasteiger partial charge in [-0.2, -0.15) is 5.10 Å². The quantitative estimate of drug-likeness (QED) is 0.664. The number of nitro benzene ring substituents is 1. The first-order valence-corrected chi connectivity index (χ1v) is 9.68. The zero-order valence-corrected chi connectivity index (χ0v) is 15.0. The van der Waals surface area contributed by atoms with Crippen LogP contribution in [0.1, 0.15) is 42.6 Å². The SMILES string of the molecule is O=C(NC1C2CC3CC(C2)CC1C3)c1ccn(-c2cccc([N+](=O)[O-])c2)n1. The van der Waals surface area contributed by atoms with Gasteiger partial charge in [0.05, 0.1) is 10.6 Å². The zero-order valence-electron chi connectivity index (χ0n) is 15.0. The Morgan fingerprint density at radius 1 is 1.11 bits per heavy atom. The molecule has 0 spiro atoms. The minimum Gasteiger partial charge on any atom is -0.347 e. The van der Waals surface area contributed by atoms with Gasteiger partial charge in [0.1, 0.15) is 0 Å². The highest BCUT2D eigenvalue weighted by Gasteiger charge is 2.48. The molecular formula is C20H22N4O3. The molecule has 1 amide bonds. The molecule has 4 fully saturated rings. The molecule has 0 aliphatic heterocycles. The van der Waals surface area contributed by atoms with E-state index in [0.717, 1.165) is 11.8 Å². The Hall–Kier alpha value is -2.70. The van der Waals surface area contributed by atoms with Crippen LogP contribution in [0.5, 0.6) is 0 Å². The first-order valence-electron chi connectivity index (χ1n) is 9.68. The molecule has 7 nitrogen and oxygen atoms in total. The van der Waals surface area contributed by atoms with Gasteiger partial charge in [0.2, 0.25) is 0 Å². The minimum atomic E-state index is -0.437. The molecule has 1 N–H and O–H groups in total. The summed E-state index contributed by atoms with van der Waals surface area (Å²) in [6, 6.07) is 8.18. The highest BCUT2D eigenvalue weighted by Crippen LogP contribution is 2.53. The van der Waals surface area contributed by atoms with Crippen molar-refractivity contribution in [3.05, 3.63) is 52.3 Å². The number of nitrogens with one attached hydrogen (secondary N) is 1. The number of carbonyl (C=O) groups excluding carboxylic acids is 1. The Balaban J connectivity index is 1.32. The minimum absolute atomic E-state index is 0.00241. The van der Waals surface area contributed by atoms with E-state index >= 15 is 0 Å². The van der Waals surface area contributed by atoms with Crippen LogP contribution in [0.4, 0.5) is 5.69 Å². The summed E-state index contributed by atoms with van der Waals surface area (Å²) in [5.74, 6) is 2.83. The monoisotopic (exact) mass is 366 g/mol. The molecular weight excluding hydrogens is 344 g/mol. The molecule has 7 heteroatoms. The summed E-state index contributed by atoms with van der Waals surface area (Å²) in [5, 5.41) is 18.5. The molecule has 4 bridgehead atoms. The molecule has 1 aromatic heterocycles. The molecule has 4 aliphatic rings. The molecule has 0 atom stereocenters. The summed E-state index contributed by atoms with van der Waals surface area (Å²) in [6.45, 7) is 0. The van der Waals surface area contributed by atoms with Crippen LogP contribution in [0.3, 0.4) is 0 Å². The standard InChI is InChI=1S/C20H22N4O3/c25-20(21-19-14-7-12-6-13(9-14)10-15(19)8-12)18-4-5-23(22-18)16-2-1-3-17(11-16)24(26)27/h1-5,11-15,19H,6-10H2,(H,21,25). The Labute approximate surface area is 156 Å². The second kappa shape index (κ2) is 6.18. The van der Waals surface area contributed by atoms with Crippen LogP contribution in [-0.2, 0) is 0 Å². The van der Waals surface area contributed by atoms with Crippen molar-refractivity contribution in [3.63, 3.8) is 0 Å². The second-order valence-corrected chi connectivity index (χ2v) is 8.35. The molecule has 1 aromatic carbocycles. The van der Waals surface area contributed by atoms with Crippen LogP contribution >= 0.6 is 0 Å². The largest absolute Gasteiger partial charge is 0.347 e. The van der Waals surface area contributed by atoms with Crippen molar-refractivity contribution in [3.8, 4) is 5.69 Å². The van der Waals surface area contributed by atoms with Gasteiger partial charge in [-0.1, -0.05) is 6.07 Å². The van der Waals surface area contributed by atoms with E-state index in [4.69, 9.17) is 0 Å². The van der Waals surface area contributed by atoms with E-state index in [0.29, 0.717) is 23.2 Å². The van der Waals surface area contributed by atoms with Gasteiger partial charge in [-0.15, -0.1) is 0 Å². The van der Waals surface area contributed by atoms with Gasteiger partial charge in [0.15, 0.2) is 5.69 Å². The van der Waals surface area contributed by atoms with Crippen molar-refractivity contribution in [1.29, 1.82) is 0 Å². The van der Waals surface area contributed by atoms with E-state index in [1.54, 1.807) is 24.4 Å². The van der Waals surface area contributed by atoms with Crippen molar-refractivity contribution in [2.24, 2.45) is 23.7 Å². The van der Waals surface area contributed by atoms with Crippen molar-refractivity contribution in [2.75, 3.05) is 0 Å². The number of nitro groups is 1. The Kier molecular flexibility index (Phi) is 3.77.